The highest BCUT2D eigenvalue weighted by Gasteiger charge is 2.31. The average Bonchev–Trinajstić information content (AvgIpc) is 2.95. The van der Waals surface area contributed by atoms with E-state index < -0.39 is 29.9 Å². The largest absolute Gasteiger partial charge is 0.355 e. The third kappa shape index (κ3) is 12.9. The lowest BCUT2D eigenvalue weighted by molar-refractivity contribution is -0.904. The van der Waals surface area contributed by atoms with Crippen LogP contribution < -0.4 is 31.3 Å². The van der Waals surface area contributed by atoms with Crippen LogP contribution in [0.4, 0.5) is 0 Å². The third-order valence-electron chi connectivity index (χ3n) is 7.38. The van der Waals surface area contributed by atoms with E-state index in [0.717, 1.165) is 4.73 Å². The van der Waals surface area contributed by atoms with Gasteiger partial charge in [0, 0.05) is 43.0 Å². The zero-order valence-electron chi connectivity index (χ0n) is 27.8. The van der Waals surface area contributed by atoms with Crippen LogP contribution in [0.2, 0.25) is 0 Å². The number of amides is 5. The highest BCUT2D eigenvalue weighted by molar-refractivity contribution is 5.98. The summed E-state index contributed by atoms with van der Waals surface area (Å²) in [5.41, 5.74) is 0.285. The molecule has 0 spiro atoms. The van der Waals surface area contributed by atoms with Crippen molar-refractivity contribution >= 4 is 29.5 Å². The summed E-state index contributed by atoms with van der Waals surface area (Å²) in [5.74, 6) is -1.83. The van der Waals surface area contributed by atoms with Crippen molar-refractivity contribution in [1.29, 1.82) is 0 Å². The number of pyridine rings is 1. The molecule has 0 aromatic carbocycles. The van der Waals surface area contributed by atoms with Crippen molar-refractivity contribution in [1.82, 2.24) is 31.5 Å². The maximum atomic E-state index is 13.4. The monoisotopic (exact) mass is 620 g/mol. The molecule has 6 N–H and O–H groups in total. The molecule has 0 saturated heterocycles. The van der Waals surface area contributed by atoms with E-state index in [9.17, 15) is 29.2 Å². The van der Waals surface area contributed by atoms with E-state index in [2.05, 4.69) is 26.6 Å². The zero-order chi connectivity index (χ0) is 33.6. The van der Waals surface area contributed by atoms with Crippen LogP contribution in [0.5, 0.6) is 0 Å². The van der Waals surface area contributed by atoms with Crippen LogP contribution in [0.15, 0.2) is 24.5 Å². The Morgan fingerprint density at radius 1 is 0.886 bits per heavy atom. The third-order valence-corrected chi connectivity index (χ3v) is 7.38. The van der Waals surface area contributed by atoms with E-state index in [1.54, 1.807) is 6.92 Å². The Morgan fingerprint density at radius 2 is 1.50 bits per heavy atom. The number of likely N-dealkylation sites (N-methyl/N-ethyl adjacent to an activating group) is 2. The molecule has 44 heavy (non-hydrogen) atoms. The first-order valence-electron chi connectivity index (χ1n) is 15.5. The standard InChI is InChI=1S/C31H53N7O6/c1-10-21(7)27(36-29(41)23-12-14-38(44)15-13-23)31(43)37(9)18-25(39)34-24(16-19(3)4)17-33-22(8)28(40)35-26(20(5)6)30(42)32-11-2/h12-15,19-22,24,26-27,33H,10-11,16-18H2,1-9H3,(H4-,32,34,35,36,39,40,41,42,44)/p+1/t21-,22-,24-,26?,27?/m0/s1. The van der Waals surface area contributed by atoms with Gasteiger partial charge in [-0.05, 0) is 38.0 Å². The minimum Gasteiger partial charge on any atom is -0.355 e. The van der Waals surface area contributed by atoms with E-state index in [-0.39, 0.29) is 53.6 Å². The van der Waals surface area contributed by atoms with Gasteiger partial charge in [-0.2, -0.15) is 0 Å². The molecule has 0 aliphatic rings. The molecule has 1 aromatic rings. The number of aromatic nitrogens is 1. The van der Waals surface area contributed by atoms with Crippen molar-refractivity contribution in [2.24, 2.45) is 17.8 Å². The minimum absolute atomic E-state index is 0.0921. The number of hydrogen-bond acceptors (Lipinski definition) is 7. The number of nitrogens with zero attached hydrogens (tertiary/aromatic N) is 2. The van der Waals surface area contributed by atoms with Gasteiger partial charge in [-0.1, -0.05) is 48.0 Å². The van der Waals surface area contributed by atoms with Gasteiger partial charge in [-0.15, -0.1) is 0 Å². The lowest BCUT2D eigenvalue weighted by atomic mass is 9.97. The molecule has 0 fully saturated rings. The second-order valence-electron chi connectivity index (χ2n) is 12.1. The Balaban J connectivity index is 2.83. The number of carbonyl (C=O) groups excluding carboxylic acids is 5. The molecular weight excluding hydrogens is 566 g/mol. The van der Waals surface area contributed by atoms with Crippen molar-refractivity contribution < 1.29 is 33.9 Å². The minimum atomic E-state index is -0.853. The second kappa shape index (κ2) is 18.8. The van der Waals surface area contributed by atoms with Crippen molar-refractivity contribution in [3.05, 3.63) is 30.1 Å². The lowest BCUT2D eigenvalue weighted by Gasteiger charge is -2.29. The van der Waals surface area contributed by atoms with E-state index in [1.807, 2.05) is 48.5 Å². The Kier molecular flexibility index (Phi) is 16.4. The van der Waals surface area contributed by atoms with Crippen molar-refractivity contribution in [2.45, 2.75) is 92.4 Å². The molecule has 13 heteroatoms. The molecule has 2 unspecified atom stereocenters. The Labute approximate surface area is 261 Å². The van der Waals surface area contributed by atoms with E-state index in [0.29, 0.717) is 25.9 Å². The lowest BCUT2D eigenvalue weighted by Crippen LogP contribution is -2.56. The fourth-order valence-electron chi connectivity index (χ4n) is 4.55. The van der Waals surface area contributed by atoms with Crippen molar-refractivity contribution in [2.75, 3.05) is 26.7 Å². The first-order chi connectivity index (χ1) is 20.6. The molecule has 248 valence electrons. The fraction of sp³-hybridized carbons (Fsp3) is 0.677. The summed E-state index contributed by atoms with van der Waals surface area (Å²) in [6.07, 6.45) is 3.89. The van der Waals surface area contributed by atoms with Crippen LogP contribution in [-0.2, 0) is 19.2 Å². The van der Waals surface area contributed by atoms with Gasteiger partial charge in [0.05, 0.1) is 18.2 Å². The van der Waals surface area contributed by atoms with Crippen LogP contribution in [0.25, 0.3) is 0 Å². The Bertz CT molecular complexity index is 1100. The quantitative estimate of drug-likeness (QED) is 0.103. The van der Waals surface area contributed by atoms with Gasteiger partial charge in [0.2, 0.25) is 36.0 Å². The highest BCUT2D eigenvalue weighted by atomic mass is 16.5. The summed E-state index contributed by atoms with van der Waals surface area (Å²) in [5, 5.41) is 23.9. The predicted octanol–water partition coefficient (Wildman–Crippen LogP) is 0.600. The molecule has 1 heterocycles. The average molecular weight is 621 g/mol. The van der Waals surface area contributed by atoms with Gasteiger partial charge in [-0.25, -0.2) is 0 Å². The number of rotatable bonds is 18. The predicted molar refractivity (Wildman–Crippen MR) is 166 cm³/mol. The summed E-state index contributed by atoms with van der Waals surface area (Å²) in [7, 11) is 1.52. The molecule has 1 aromatic heterocycles. The Hall–Kier alpha value is -3.74. The van der Waals surface area contributed by atoms with Gasteiger partial charge >= 0.3 is 0 Å². The number of carbonyl (C=O) groups is 5. The van der Waals surface area contributed by atoms with E-state index >= 15 is 0 Å². The van der Waals surface area contributed by atoms with Crippen molar-refractivity contribution in [3.8, 4) is 0 Å². The van der Waals surface area contributed by atoms with Crippen LogP contribution in [0, 0.1) is 17.8 Å². The molecule has 5 atom stereocenters. The normalized spacial score (nSPS) is 14.6. The fourth-order valence-corrected chi connectivity index (χ4v) is 4.55. The Morgan fingerprint density at radius 3 is 2.02 bits per heavy atom. The maximum Gasteiger partial charge on any atom is 0.252 e. The molecule has 0 radical (unpaired) electrons. The van der Waals surface area contributed by atoms with Gasteiger partial charge in [-0.3, -0.25) is 29.2 Å². The summed E-state index contributed by atoms with van der Waals surface area (Å²) >= 11 is 0. The van der Waals surface area contributed by atoms with Gasteiger partial charge in [0.1, 0.15) is 12.1 Å². The van der Waals surface area contributed by atoms with Crippen LogP contribution in [0.1, 0.15) is 78.6 Å². The SMILES string of the molecule is CCNC(=O)C(NC(=O)[C@H](C)NC[C@H](CC(C)C)NC(=O)CN(C)C(=O)C(NC(=O)c1cc[n+](O)cc1)[C@@H](C)CC)C(C)C. The molecule has 0 aliphatic heterocycles. The van der Waals surface area contributed by atoms with Crippen molar-refractivity contribution in [3.63, 3.8) is 0 Å². The topological polar surface area (TPSA) is 173 Å². The summed E-state index contributed by atoms with van der Waals surface area (Å²) in [6, 6.07) is 0.424. The first kappa shape index (κ1) is 38.3. The van der Waals surface area contributed by atoms with Gasteiger partial charge < -0.3 is 31.5 Å². The zero-order valence-corrected chi connectivity index (χ0v) is 27.8. The van der Waals surface area contributed by atoms with Gasteiger partial charge in [0.15, 0.2) is 0 Å². The van der Waals surface area contributed by atoms with Gasteiger partial charge in [0.25, 0.3) is 5.91 Å². The van der Waals surface area contributed by atoms with Crippen LogP contribution >= 0.6 is 0 Å². The summed E-state index contributed by atoms with van der Waals surface area (Å²) in [6.45, 7) is 15.6. The number of hydrogen-bond donors (Lipinski definition) is 6. The summed E-state index contributed by atoms with van der Waals surface area (Å²) < 4.78 is 0.814. The molecule has 13 nitrogen and oxygen atoms in total. The van der Waals surface area contributed by atoms with Crippen LogP contribution in [-0.4, -0.2) is 90.5 Å². The molecule has 0 bridgehead atoms. The smallest absolute Gasteiger partial charge is 0.252 e. The molecule has 5 amide bonds. The first-order valence-corrected chi connectivity index (χ1v) is 15.5. The number of nitrogens with one attached hydrogen (secondary N) is 5. The molecule has 0 aliphatic carbocycles. The molecule has 0 saturated carbocycles. The molecule has 1 rings (SSSR count). The maximum absolute atomic E-state index is 13.4. The second-order valence-corrected chi connectivity index (χ2v) is 12.1. The van der Waals surface area contributed by atoms with Crippen LogP contribution in [0.3, 0.4) is 0 Å². The molecular formula is C31H54N7O6+. The van der Waals surface area contributed by atoms with E-state index in [1.165, 1.54) is 36.5 Å². The highest BCUT2D eigenvalue weighted by Crippen LogP contribution is 2.12. The summed E-state index contributed by atoms with van der Waals surface area (Å²) in [4.78, 5) is 65.7. The van der Waals surface area contributed by atoms with E-state index in [4.69, 9.17) is 0 Å².